The summed E-state index contributed by atoms with van der Waals surface area (Å²) >= 11 is 0. The first-order valence-electron chi connectivity index (χ1n) is 3.38. The van der Waals surface area contributed by atoms with Crippen molar-refractivity contribution in [1.82, 2.24) is 0 Å². The molecule has 0 aliphatic carbocycles. The van der Waals surface area contributed by atoms with Crippen LogP contribution in [0.4, 0.5) is 11.4 Å². The number of nitrogen functional groups attached to an aromatic ring is 2. The van der Waals surface area contributed by atoms with Crippen molar-refractivity contribution in [2.45, 2.75) is 13.3 Å². The maximum absolute atomic E-state index is 5.67. The Morgan fingerprint density at radius 1 is 1.30 bits per heavy atom. The molecule has 4 N–H and O–H groups in total. The second-order valence-electron chi connectivity index (χ2n) is 2.27. The van der Waals surface area contributed by atoms with Gasteiger partial charge in [-0.05, 0) is 18.1 Å². The molecule has 1 rings (SSSR count). The topological polar surface area (TPSA) is 52.0 Å². The number of hydrogen-bond donors (Lipinski definition) is 2. The highest BCUT2D eigenvalue weighted by molar-refractivity contribution is 5.67. The molecule has 2 heteroatoms. The molecule has 0 spiro atoms. The largest absolute Gasteiger partial charge is 0.397 e. The van der Waals surface area contributed by atoms with E-state index in [-0.39, 0.29) is 0 Å². The lowest BCUT2D eigenvalue weighted by Crippen LogP contribution is -1.98. The summed E-state index contributed by atoms with van der Waals surface area (Å²) in [6, 6.07) is 5.73. The van der Waals surface area contributed by atoms with Crippen molar-refractivity contribution < 1.29 is 0 Å². The van der Waals surface area contributed by atoms with Crippen LogP contribution in [-0.2, 0) is 6.42 Å². The van der Waals surface area contributed by atoms with E-state index in [1.165, 1.54) is 0 Å². The normalized spacial score (nSPS) is 9.70. The molecule has 10 heavy (non-hydrogen) atoms. The van der Waals surface area contributed by atoms with E-state index in [1.807, 2.05) is 18.2 Å². The second-order valence-corrected chi connectivity index (χ2v) is 2.27. The van der Waals surface area contributed by atoms with Gasteiger partial charge in [0.2, 0.25) is 0 Å². The van der Waals surface area contributed by atoms with E-state index in [0.29, 0.717) is 5.69 Å². The van der Waals surface area contributed by atoms with Crippen molar-refractivity contribution >= 4 is 11.4 Å². The summed E-state index contributed by atoms with van der Waals surface area (Å²) in [7, 11) is 0. The van der Waals surface area contributed by atoms with Crippen molar-refractivity contribution in [3.63, 3.8) is 0 Å². The Kier molecular flexibility index (Phi) is 1.81. The van der Waals surface area contributed by atoms with Crippen molar-refractivity contribution in [2.75, 3.05) is 11.5 Å². The summed E-state index contributed by atoms with van der Waals surface area (Å²) in [6.45, 7) is 2.06. The van der Waals surface area contributed by atoms with Gasteiger partial charge in [-0.3, -0.25) is 0 Å². The first-order valence-corrected chi connectivity index (χ1v) is 3.38. The van der Waals surface area contributed by atoms with Gasteiger partial charge in [-0.15, -0.1) is 0 Å². The van der Waals surface area contributed by atoms with E-state index in [4.69, 9.17) is 11.5 Å². The lowest BCUT2D eigenvalue weighted by Gasteiger charge is -2.03. The van der Waals surface area contributed by atoms with Gasteiger partial charge in [-0.25, -0.2) is 0 Å². The first-order chi connectivity index (χ1) is 4.75. The van der Waals surface area contributed by atoms with Gasteiger partial charge < -0.3 is 11.5 Å². The van der Waals surface area contributed by atoms with E-state index < -0.39 is 0 Å². The molecule has 0 atom stereocenters. The zero-order valence-corrected chi connectivity index (χ0v) is 6.09. The lowest BCUT2D eigenvalue weighted by molar-refractivity contribution is 1.15. The molecule has 0 amide bonds. The van der Waals surface area contributed by atoms with Crippen LogP contribution in [-0.4, -0.2) is 0 Å². The van der Waals surface area contributed by atoms with Crippen LogP contribution in [0.1, 0.15) is 12.5 Å². The summed E-state index contributed by atoms with van der Waals surface area (Å²) < 4.78 is 0. The van der Waals surface area contributed by atoms with Gasteiger partial charge >= 0.3 is 0 Å². The summed E-state index contributed by atoms with van der Waals surface area (Å²) in [6.07, 6.45) is 0.941. The minimum atomic E-state index is 0.680. The maximum atomic E-state index is 5.67. The molecule has 2 nitrogen and oxygen atoms in total. The minimum Gasteiger partial charge on any atom is -0.397 e. The smallest absolute Gasteiger partial charge is 0.0580 e. The molecule has 1 aromatic rings. The predicted octanol–water partition coefficient (Wildman–Crippen LogP) is 1.41. The van der Waals surface area contributed by atoms with Crippen LogP contribution < -0.4 is 11.5 Å². The molecule has 1 aromatic carbocycles. The average Bonchev–Trinajstić information content (AvgIpc) is 1.95. The number of nitrogens with two attached hydrogens (primary N) is 2. The van der Waals surface area contributed by atoms with Gasteiger partial charge in [-0.1, -0.05) is 19.1 Å². The number of anilines is 2. The summed E-state index contributed by atoms with van der Waals surface area (Å²) in [4.78, 5) is 0. The van der Waals surface area contributed by atoms with Crippen LogP contribution in [0.3, 0.4) is 0 Å². The summed E-state index contributed by atoms with van der Waals surface area (Å²) in [5, 5.41) is 0. The molecule has 0 bridgehead atoms. The summed E-state index contributed by atoms with van der Waals surface area (Å²) in [5.74, 6) is 0. The monoisotopic (exact) mass is 136 g/mol. The molecule has 0 unspecified atom stereocenters. The van der Waals surface area contributed by atoms with Crippen molar-refractivity contribution in [3.8, 4) is 0 Å². The van der Waals surface area contributed by atoms with Crippen LogP contribution in [0.5, 0.6) is 0 Å². The molecule has 0 heterocycles. The van der Waals surface area contributed by atoms with E-state index in [9.17, 15) is 0 Å². The standard InChI is InChI=1S/C8H12N2/c1-2-6-4-3-5-7(9)8(6)10/h3-5H,2,9-10H2,1H3. The molecule has 54 valence electrons. The van der Waals surface area contributed by atoms with Crippen LogP contribution in [0.25, 0.3) is 0 Å². The molecule has 0 saturated carbocycles. The predicted molar refractivity (Wildman–Crippen MR) is 44.6 cm³/mol. The molecular formula is C8H12N2. The van der Waals surface area contributed by atoms with Gasteiger partial charge in [0, 0.05) is 0 Å². The van der Waals surface area contributed by atoms with Gasteiger partial charge in [0.25, 0.3) is 0 Å². The van der Waals surface area contributed by atoms with Gasteiger partial charge in [0.05, 0.1) is 11.4 Å². The maximum Gasteiger partial charge on any atom is 0.0580 e. The molecule has 0 aliphatic heterocycles. The molecular weight excluding hydrogens is 124 g/mol. The molecule has 0 saturated heterocycles. The number of benzene rings is 1. The van der Waals surface area contributed by atoms with Crippen molar-refractivity contribution in [1.29, 1.82) is 0 Å². The average molecular weight is 136 g/mol. The fraction of sp³-hybridized carbons (Fsp3) is 0.250. The van der Waals surface area contributed by atoms with Crippen LogP contribution >= 0.6 is 0 Å². The molecule has 0 aliphatic rings. The Labute approximate surface area is 60.8 Å². The first kappa shape index (κ1) is 6.93. The fourth-order valence-corrected chi connectivity index (χ4v) is 0.941. The van der Waals surface area contributed by atoms with Crippen LogP contribution in [0.2, 0.25) is 0 Å². The highest BCUT2D eigenvalue weighted by atomic mass is 14.7. The Balaban J connectivity index is 3.14. The fourth-order valence-electron chi connectivity index (χ4n) is 0.941. The van der Waals surface area contributed by atoms with E-state index in [0.717, 1.165) is 17.7 Å². The van der Waals surface area contributed by atoms with Crippen LogP contribution in [0.15, 0.2) is 18.2 Å². The third kappa shape index (κ3) is 1.05. The quantitative estimate of drug-likeness (QED) is 0.573. The SMILES string of the molecule is CCc1cccc(N)c1N. The van der Waals surface area contributed by atoms with Gasteiger partial charge in [0.15, 0.2) is 0 Å². The molecule has 0 aromatic heterocycles. The number of aryl methyl sites for hydroxylation is 1. The highest BCUT2D eigenvalue weighted by Gasteiger charge is 1.97. The lowest BCUT2D eigenvalue weighted by atomic mass is 10.1. The van der Waals surface area contributed by atoms with Gasteiger partial charge in [-0.2, -0.15) is 0 Å². The minimum absolute atomic E-state index is 0.680. The zero-order chi connectivity index (χ0) is 7.56. The van der Waals surface area contributed by atoms with E-state index >= 15 is 0 Å². The number of para-hydroxylation sites is 1. The Morgan fingerprint density at radius 3 is 2.50 bits per heavy atom. The third-order valence-corrected chi connectivity index (χ3v) is 1.61. The van der Waals surface area contributed by atoms with Crippen LogP contribution in [0, 0.1) is 0 Å². The Morgan fingerprint density at radius 2 is 2.00 bits per heavy atom. The number of rotatable bonds is 1. The van der Waals surface area contributed by atoms with E-state index in [1.54, 1.807) is 0 Å². The molecule has 0 radical (unpaired) electrons. The third-order valence-electron chi connectivity index (χ3n) is 1.61. The van der Waals surface area contributed by atoms with Crippen molar-refractivity contribution in [3.05, 3.63) is 23.8 Å². The number of hydrogen-bond acceptors (Lipinski definition) is 2. The Bertz CT molecular complexity index is 231. The molecule has 0 fully saturated rings. The summed E-state index contributed by atoms with van der Waals surface area (Å²) in [5.41, 5.74) is 13.8. The highest BCUT2D eigenvalue weighted by Crippen LogP contribution is 2.19. The Hall–Kier alpha value is -1.18. The van der Waals surface area contributed by atoms with Gasteiger partial charge in [0.1, 0.15) is 0 Å². The van der Waals surface area contributed by atoms with Crippen molar-refractivity contribution in [2.24, 2.45) is 0 Å². The second kappa shape index (κ2) is 2.60. The van der Waals surface area contributed by atoms with E-state index in [2.05, 4.69) is 6.92 Å². The zero-order valence-electron chi connectivity index (χ0n) is 6.09.